The van der Waals surface area contributed by atoms with Crippen LogP contribution in [0.4, 0.5) is 0 Å². The molecular weight excluding hydrogens is 178 g/mol. The minimum atomic E-state index is -0.0382. The molecule has 0 spiro atoms. The van der Waals surface area contributed by atoms with Gasteiger partial charge in [-0.3, -0.25) is 4.79 Å². The Kier molecular flexibility index (Phi) is 4.94. The quantitative estimate of drug-likeness (QED) is 0.701. The number of carbonyl (C=O) groups excluding carboxylic acids is 1. The summed E-state index contributed by atoms with van der Waals surface area (Å²) >= 11 is 0. The van der Waals surface area contributed by atoms with Gasteiger partial charge in [0.25, 0.3) is 0 Å². The number of esters is 1. The fourth-order valence-corrected chi connectivity index (χ4v) is 2.13. The zero-order chi connectivity index (χ0) is 10.4. The Labute approximate surface area is 86.0 Å². The molecule has 82 valence electrons. The highest BCUT2D eigenvalue weighted by molar-refractivity contribution is 5.69. The third-order valence-electron chi connectivity index (χ3n) is 3.06. The molecule has 2 N–H and O–H groups in total. The van der Waals surface area contributed by atoms with Gasteiger partial charge in [-0.05, 0) is 51.0 Å². The molecule has 0 unspecified atom stereocenters. The van der Waals surface area contributed by atoms with Crippen LogP contribution < -0.4 is 5.73 Å². The Morgan fingerprint density at radius 3 is 2.36 bits per heavy atom. The van der Waals surface area contributed by atoms with Crippen molar-refractivity contribution >= 4 is 5.97 Å². The normalized spacial score (nSPS) is 27.3. The lowest BCUT2D eigenvalue weighted by Crippen LogP contribution is -2.23. The van der Waals surface area contributed by atoms with E-state index < -0.39 is 0 Å². The molecule has 1 rings (SSSR count). The Morgan fingerprint density at radius 2 is 1.86 bits per heavy atom. The highest BCUT2D eigenvalue weighted by atomic mass is 16.5. The Bertz CT molecular complexity index is 174. The number of hydrogen-bond donors (Lipinski definition) is 1. The van der Waals surface area contributed by atoms with Gasteiger partial charge in [0, 0.05) is 6.42 Å². The van der Waals surface area contributed by atoms with Crippen molar-refractivity contribution in [2.75, 3.05) is 13.2 Å². The van der Waals surface area contributed by atoms with Crippen molar-refractivity contribution in [1.82, 2.24) is 0 Å². The maximum atomic E-state index is 11.2. The van der Waals surface area contributed by atoms with Crippen molar-refractivity contribution in [2.24, 2.45) is 17.6 Å². The van der Waals surface area contributed by atoms with Gasteiger partial charge in [0.1, 0.15) is 0 Å². The van der Waals surface area contributed by atoms with Gasteiger partial charge in [-0.15, -0.1) is 0 Å². The second-order valence-corrected chi connectivity index (χ2v) is 4.13. The van der Waals surface area contributed by atoms with Crippen LogP contribution in [-0.2, 0) is 9.53 Å². The zero-order valence-electron chi connectivity index (χ0n) is 9.00. The summed E-state index contributed by atoms with van der Waals surface area (Å²) in [6.45, 7) is 3.15. The van der Waals surface area contributed by atoms with E-state index in [2.05, 4.69) is 0 Å². The first-order valence-electron chi connectivity index (χ1n) is 5.62. The molecule has 0 radical (unpaired) electrons. The van der Waals surface area contributed by atoms with Gasteiger partial charge >= 0.3 is 5.97 Å². The molecule has 1 fully saturated rings. The standard InChI is InChI=1S/C11H21NO2/c1-2-14-11(13)7-9-3-5-10(8-12)6-4-9/h9-10H,2-8,12H2,1H3. The average molecular weight is 199 g/mol. The Balaban J connectivity index is 2.18. The summed E-state index contributed by atoms with van der Waals surface area (Å²) in [5, 5.41) is 0. The highest BCUT2D eigenvalue weighted by Gasteiger charge is 2.22. The summed E-state index contributed by atoms with van der Waals surface area (Å²) in [6, 6.07) is 0. The highest BCUT2D eigenvalue weighted by Crippen LogP contribution is 2.30. The summed E-state index contributed by atoms with van der Waals surface area (Å²) in [7, 11) is 0. The molecule has 0 aliphatic heterocycles. The number of carbonyl (C=O) groups is 1. The van der Waals surface area contributed by atoms with Gasteiger partial charge in [0.05, 0.1) is 6.61 Å². The molecule has 1 saturated carbocycles. The Morgan fingerprint density at radius 1 is 1.29 bits per heavy atom. The molecule has 0 aromatic rings. The van der Waals surface area contributed by atoms with E-state index in [1.54, 1.807) is 0 Å². The third-order valence-corrected chi connectivity index (χ3v) is 3.06. The summed E-state index contributed by atoms with van der Waals surface area (Å²) in [5.74, 6) is 1.19. The molecular formula is C11H21NO2. The first kappa shape index (κ1) is 11.5. The minimum absolute atomic E-state index is 0.0382. The zero-order valence-corrected chi connectivity index (χ0v) is 9.00. The predicted molar refractivity (Wildman–Crippen MR) is 55.8 cm³/mol. The first-order valence-corrected chi connectivity index (χ1v) is 5.62. The summed E-state index contributed by atoms with van der Waals surface area (Å²) in [5.41, 5.74) is 5.61. The molecule has 0 aromatic carbocycles. The summed E-state index contributed by atoms with van der Waals surface area (Å²) in [4.78, 5) is 11.2. The van der Waals surface area contributed by atoms with E-state index in [4.69, 9.17) is 10.5 Å². The van der Waals surface area contributed by atoms with Crippen LogP contribution in [0.5, 0.6) is 0 Å². The van der Waals surface area contributed by atoms with Gasteiger partial charge in [0.15, 0.2) is 0 Å². The molecule has 0 aromatic heterocycles. The van der Waals surface area contributed by atoms with Crippen molar-refractivity contribution in [3.63, 3.8) is 0 Å². The third kappa shape index (κ3) is 3.66. The first-order chi connectivity index (χ1) is 6.76. The van der Waals surface area contributed by atoms with Crippen molar-refractivity contribution < 1.29 is 9.53 Å². The maximum absolute atomic E-state index is 11.2. The lowest BCUT2D eigenvalue weighted by Gasteiger charge is -2.26. The molecule has 0 amide bonds. The number of hydrogen-bond acceptors (Lipinski definition) is 3. The van der Waals surface area contributed by atoms with Gasteiger partial charge in [-0.1, -0.05) is 0 Å². The Hall–Kier alpha value is -0.570. The van der Waals surface area contributed by atoms with E-state index in [1.165, 1.54) is 12.8 Å². The smallest absolute Gasteiger partial charge is 0.306 e. The lowest BCUT2D eigenvalue weighted by atomic mass is 9.80. The summed E-state index contributed by atoms with van der Waals surface area (Å²) < 4.78 is 4.93. The van der Waals surface area contributed by atoms with Gasteiger partial charge in [-0.25, -0.2) is 0 Å². The predicted octanol–water partition coefficient (Wildman–Crippen LogP) is 1.70. The maximum Gasteiger partial charge on any atom is 0.306 e. The molecule has 1 aliphatic carbocycles. The van der Waals surface area contributed by atoms with Crippen LogP contribution in [0.2, 0.25) is 0 Å². The van der Waals surface area contributed by atoms with Crippen LogP contribution in [0.25, 0.3) is 0 Å². The van der Waals surface area contributed by atoms with Crippen molar-refractivity contribution in [1.29, 1.82) is 0 Å². The van der Waals surface area contributed by atoms with Crippen LogP contribution in [0.1, 0.15) is 39.0 Å². The SMILES string of the molecule is CCOC(=O)CC1CCC(CN)CC1. The van der Waals surface area contributed by atoms with Crippen LogP contribution in [0, 0.1) is 11.8 Å². The minimum Gasteiger partial charge on any atom is -0.466 e. The van der Waals surface area contributed by atoms with Crippen LogP contribution in [0.3, 0.4) is 0 Å². The molecule has 0 bridgehead atoms. The second kappa shape index (κ2) is 6.02. The number of rotatable bonds is 4. The van der Waals surface area contributed by atoms with Gasteiger partial charge in [-0.2, -0.15) is 0 Å². The molecule has 0 heterocycles. The van der Waals surface area contributed by atoms with Crippen LogP contribution in [-0.4, -0.2) is 19.1 Å². The number of ether oxygens (including phenoxy) is 1. The molecule has 3 heteroatoms. The van der Waals surface area contributed by atoms with Gasteiger partial charge < -0.3 is 10.5 Å². The largest absolute Gasteiger partial charge is 0.466 e. The number of nitrogens with two attached hydrogens (primary N) is 1. The van der Waals surface area contributed by atoms with Crippen LogP contribution in [0.15, 0.2) is 0 Å². The molecule has 3 nitrogen and oxygen atoms in total. The lowest BCUT2D eigenvalue weighted by molar-refractivity contribution is -0.144. The van der Waals surface area contributed by atoms with Crippen molar-refractivity contribution in [2.45, 2.75) is 39.0 Å². The van der Waals surface area contributed by atoms with E-state index in [-0.39, 0.29) is 5.97 Å². The second-order valence-electron chi connectivity index (χ2n) is 4.13. The van der Waals surface area contributed by atoms with E-state index in [1.807, 2.05) is 6.92 Å². The molecule has 1 aliphatic rings. The molecule has 14 heavy (non-hydrogen) atoms. The fraction of sp³-hybridized carbons (Fsp3) is 0.909. The van der Waals surface area contributed by atoms with Crippen molar-refractivity contribution in [3.8, 4) is 0 Å². The monoisotopic (exact) mass is 199 g/mol. The van der Waals surface area contributed by atoms with E-state index in [0.29, 0.717) is 24.9 Å². The van der Waals surface area contributed by atoms with E-state index >= 15 is 0 Å². The fourth-order valence-electron chi connectivity index (χ4n) is 2.13. The van der Waals surface area contributed by atoms with E-state index in [9.17, 15) is 4.79 Å². The van der Waals surface area contributed by atoms with Crippen LogP contribution >= 0.6 is 0 Å². The molecule has 0 saturated heterocycles. The summed E-state index contributed by atoms with van der Waals surface area (Å²) in [6.07, 6.45) is 5.24. The van der Waals surface area contributed by atoms with E-state index in [0.717, 1.165) is 19.4 Å². The van der Waals surface area contributed by atoms with Crippen molar-refractivity contribution in [3.05, 3.63) is 0 Å². The average Bonchev–Trinajstić information content (AvgIpc) is 2.19. The molecule has 0 atom stereocenters. The van der Waals surface area contributed by atoms with Gasteiger partial charge in [0.2, 0.25) is 0 Å². The topological polar surface area (TPSA) is 52.3 Å².